The minimum atomic E-state index is -0.592. The molecule has 0 saturated heterocycles. The molecular formula is C5H6N6O2S. The number of hydrogen-bond donors (Lipinski definition) is 3. The van der Waals surface area contributed by atoms with Gasteiger partial charge in [-0.15, -0.1) is 0 Å². The van der Waals surface area contributed by atoms with Crippen molar-refractivity contribution in [2.24, 2.45) is 10.8 Å². The molecule has 1 rings (SSSR count). The molecule has 0 bridgehead atoms. The van der Waals surface area contributed by atoms with Gasteiger partial charge in [-0.05, 0) is 17.1 Å². The maximum absolute atomic E-state index is 10.2. The molecule has 0 aromatic carbocycles. The number of nitro groups is 1. The third-order valence-electron chi connectivity index (χ3n) is 1.14. The average molecular weight is 214 g/mol. The zero-order chi connectivity index (χ0) is 10.6. The molecule has 8 nitrogen and oxygen atoms in total. The molecule has 4 N–H and O–H groups in total. The maximum Gasteiger partial charge on any atom is 0.340 e. The number of rotatable bonds is 3. The van der Waals surface area contributed by atoms with Crippen molar-refractivity contribution in [3.63, 3.8) is 0 Å². The third kappa shape index (κ3) is 2.79. The van der Waals surface area contributed by atoms with Crippen LogP contribution < -0.4 is 11.2 Å². The molecule has 74 valence electrons. The molecule has 0 amide bonds. The van der Waals surface area contributed by atoms with Gasteiger partial charge in [0.25, 0.3) is 0 Å². The minimum absolute atomic E-state index is 0.00214. The number of thiocarbonyl (C=S) groups is 1. The molecule has 0 aliphatic rings. The summed E-state index contributed by atoms with van der Waals surface area (Å²) < 4.78 is 0. The van der Waals surface area contributed by atoms with E-state index >= 15 is 0 Å². The van der Waals surface area contributed by atoms with Crippen molar-refractivity contribution in [2.75, 3.05) is 0 Å². The van der Waals surface area contributed by atoms with Crippen LogP contribution in [-0.2, 0) is 0 Å². The lowest BCUT2D eigenvalue weighted by Crippen LogP contribution is -2.24. The Labute approximate surface area is 83.4 Å². The van der Waals surface area contributed by atoms with Crippen LogP contribution in [0, 0.1) is 10.1 Å². The number of nitrogens with zero attached hydrogens (tertiary/aromatic N) is 3. The molecule has 14 heavy (non-hydrogen) atoms. The van der Waals surface area contributed by atoms with Gasteiger partial charge < -0.3 is 15.8 Å². The number of hydrogen-bond acceptors (Lipinski definition) is 5. The topological polar surface area (TPSA) is 122 Å². The predicted octanol–water partition coefficient (Wildman–Crippen LogP) is -0.515. The van der Waals surface area contributed by atoms with Crippen molar-refractivity contribution in [2.45, 2.75) is 0 Å². The van der Waals surface area contributed by atoms with Crippen LogP contribution >= 0.6 is 12.2 Å². The molecule has 0 aliphatic heterocycles. The molecule has 1 aromatic rings. The Morgan fingerprint density at radius 1 is 1.93 bits per heavy atom. The highest BCUT2D eigenvalue weighted by molar-refractivity contribution is 7.80. The molecule has 1 aromatic heterocycles. The van der Waals surface area contributed by atoms with Crippen molar-refractivity contribution in [1.82, 2.24) is 15.4 Å². The molecule has 0 unspecified atom stereocenters. The Morgan fingerprint density at radius 3 is 3.14 bits per heavy atom. The van der Waals surface area contributed by atoms with E-state index in [4.69, 9.17) is 5.73 Å². The summed E-state index contributed by atoms with van der Waals surface area (Å²) in [4.78, 5) is 15.7. The highest BCUT2D eigenvalue weighted by Gasteiger charge is 2.07. The van der Waals surface area contributed by atoms with E-state index in [2.05, 4.69) is 32.7 Å². The van der Waals surface area contributed by atoms with E-state index in [1.54, 1.807) is 0 Å². The zero-order valence-electron chi connectivity index (χ0n) is 6.80. The fourth-order valence-electron chi connectivity index (χ4n) is 0.642. The molecule has 0 radical (unpaired) electrons. The first-order chi connectivity index (χ1) is 6.59. The van der Waals surface area contributed by atoms with Crippen molar-refractivity contribution < 1.29 is 4.92 Å². The number of imidazole rings is 1. The van der Waals surface area contributed by atoms with Crippen molar-refractivity contribution in [1.29, 1.82) is 0 Å². The van der Waals surface area contributed by atoms with Gasteiger partial charge in [-0.3, -0.25) is 5.43 Å². The van der Waals surface area contributed by atoms with Crippen LogP contribution in [0.4, 0.5) is 5.82 Å². The molecular weight excluding hydrogens is 208 g/mol. The quantitative estimate of drug-likeness (QED) is 0.269. The van der Waals surface area contributed by atoms with Crippen molar-refractivity contribution in [3.8, 4) is 0 Å². The van der Waals surface area contributed by atoms with Crippen molar-refractivity contribution in [3.05, 3.63) is 22.1 Å². The van der Waals surface area contributed by atoms with Crippen LogP contribution in [0.3, 0.4) is 0 Å². The third-order valence-corrected chi connectivity index (χ3v) is 1.23. The number of aromatic nitrogens is 2. The summed E-state index contributed by atoms with van der Waals surface area (Å²) in [5.41, 5.74) is 7.36. The Balaban J connectivity index is 2.64. The van der Waals surface area contributed by atoms with Gasteiger partial charge in [0, 0.05) is 0 Å². The second-order valence-electron chi connectivity index (χ2n) is 2.15. The van der Waals surface area contributed by atoms with Gasteiger partial charge in [-0.1, -0.05) is 0 Å². The first-order valence-corrected chi connectivity index (χ1v) is 3.78. The average Bonchev–Trinajstić information content (AvgIpc) is 2.52. The van der Waals surface area contributed by atoms with Crippen LogP contribution in [0.1, 0.15) is 5.82 Å². The number of aromatic amines is 1. The second kappa shape index (κ2) is 4.28. The van der Waals surface area contributed by atoms with Gasteiger partial charge in [0.05, 0.1) is 0 Å². The summed E-state index contributed by atoms with van der Waals surface area (Å²) in [6.07, 6.45) is 2.31. The lowest BCUT2D eigenvalue weighted by molar-refractivity contribution is -0.389. The lowest BCUT2D eigenvalue weighted by atomic mass is 10.7. The smallest absolute Gasteiger partial charge is 0.340 e. The van der Waals surface area contributed by atoms with Crippen LogP contribution in [0.5, 0.6) is 0 Å². The molecule has 0 saturated carbocycles. The van der Waals surface area contributed by atoms with Crippen LogP contribution in [-0.4, -0.2) is 26.2 Å². The Morgan fingerprint density at radius 2 is 2.64 bits per heavy atom. The highest BCUT2D eigenvalue weighted by atomic mass is 32.1. The summed E-state index contributed by atoms with van der Waals surface area (Å²) in [6, 6.07) is 0. The van der Waals surface area contributed by atoms with E-state index < -0.39 is 4.92 Å². The number of hydrazone groups is 1. The molecule has 1 heterocycles. The first kappa shape index (κ1) is 10.1. The number of nitrogens with one attached hydrogen (secondary N) is 2. The maximum atomic E-state index is 10.2. The van der Waals surface area contributed by atoms with Gasteiger partial charge in [0.15, 0.2) is 5.11 Å². The summed E-state index contributed by atoms with van der Waals surface area (Å²) in [7, 11) is 0. The Hall–Kier alpha value is -2.03. The van der Waals surface area contributed by atoms with E-state index in [-0.39, 0.29) is 16.8 Å². The van der Waals surface area contributed by atoms with E-state index in [0.717, 1.165) is 6.20 Å². The zero-order valence-corrected chi connectivity index (χ0v) is 7.61. The van der Waals surface area contributed by atoms with Crippen LogP contribution in [0.2, 0.25) is 0 Å². The van der Waals surface area contributed by atoms with E-state index in [1.807, 2.05) is 0 Å². The predicted molar refractivity (Wildman–Crippen MR) is 52.8 cm³/mol. The normalized spacial score (nSPS) is 10.3. The highest BCUT2D eigenvalue weighted by Crippen LogP contribution is 2.03. The Bertz CT molecular complexity index is 385. The standard InChI is InChI=1S/C5H6N6O2S/c6-5(14)10-8-1-3-7-2-4(9-3)11(12)13/h1-2H,(H,7,9)(H3,6,10,14). The number of nitrogens with two attached hydrogens (primary N) is 1. The summed E-state index contributed by atoms with van der Waals surface area (Å²) in [6.45, 7) is 0. The number of H-pyrrole nitrogens is 1. The lowest BCUT2D eigenvalue weighted by Gasteiger charge is -1.90. The molecule has 0 spiro atoms. The van der Waals surface area contributed by atoms with Gasteiger partial charge in [-0.2, -0.15) is 5.10 Å². The molecule has 9 heteroatoms. The molecule has 0 fully saturated rings. The van der Waals surface area contributed by atoms with Gasteiger partial charge in [0.1, 0.15) is 12.4 Å². The summed E-state index contributed by atoms with van der Waals surface area (Å²) in [5, 5.41) is 13.8. The SMILES string of the molecule is NC(=S)NN=Cc1ncc([N+](=O)[O-])[nH]1. The summed E-state index contributed by atoms with van der Waals surface area (Å²) in [5.74, 6) is 0.0298. The van der Waals surface area contributed by atoms with E-state index in [9.17, 15) is 10.1 Å². The van der Waals surface area contributed by atoms with Crippen LogP contribution in [0.25, 0.3) is 0 Å². The van der Waals surface area contributed by atoms with Crippen LogP contribution in [0.15, 0.2) is 11.3 Å². The van der Waals surface area contributed by atoms with Gasteiger partial charge >= 0.3 is 5.82 Å². The minimum Gasteiger partial charge on any atom is -0.375 e. The Kier molecular flexibility index (Phi) is 3.07. The van der Waals surface area contributed by atoms with E-state index in [1.165, 1.54) is 6.21 Å². The van der Waals surface area contributed by atoms with Gasteiger partial charge in [0.2, 0.25) is 5.82 Å². The first-order valence-electron chi connectivity index (χ1n) is 3.37. The molecule has 0 aliphatic carbocycles. The monoisotopic (exact) mass is 214 g/mol. The molecule has 0 atom stereocenters. The largest absolute Gasteiger partial charge is 0.375 e. The fraction of sp³-hybridized carbons (Fsp3) is 0. The fourth-order valence-corrected chi connectivity index (χ4v) is 0.695. The van der Waals surface area contributed by atoms with E-state index in [0.29, 0.717) is 0 Å². The van der Waals surface area contributed by atoms with Crippen molar-refractivity contribution >= 4 is 29.4 Å². The summed E-state index contributed by atoms with van der Waals surface area (Å²) >= 11 is 4.47. The van der Waals surface area contributed by atoms with Gasteiger partial charge in [-0.25, -0.2) is 9.97 Å². The second-order valence-corrected chi connectivity index (χ2v) is 2.58.